The lowest BCUT2D eigenvalue weighted by Crippen LogP contribution is -2.37. The second kappa shape index (κ2) is 7.55. The first-order valence-corrected chi connectivity index (χ1v) is 7.94. The Hall–Kier alpha value is -1.95. The van der Waals surface area contributed by atoms with E-state index in [4.69, 9.17) is 0 Å². The average molecular weight is 322 g/mol. The molecule has 2 unspecified atom stereocenters. The van der Waals surface area contributed by atoms with Crippen molar-refractivity contribution in [2.75, 3.05) is 18.0 Å². The van der Waals surface area contributed by atoms with Gasteiger partial charge in [0.05, 0.1) is 17.7 Å². The maximum Gasteiger partial charge on any atom is 0.227 e. The zero-order chi connectivity index (χ0) is 17.0. The van der Waals surface area contributed by atoms with Gasteiger partial charge >= 0.3 is 0 Å². The van der Waals surface area contributed by atoms with Gasteiger partial charge in [-0.25, -0.2) is 4.39 Å². The zero-order valence-electron chi connectivity index (χ0n) is 13.5. The summed E-state index contributed by atoms with van der Waals surface area (Å²) in [5, 5.41) is 12.3. The SMILES string of the molecule is CCCC(O)CNC(=O)C1CC(=O)N(c2ccc(C)cc2F)C1. The number of anilines is 1. The van der Waals surface area contributed by atoms with Crippen molar-refractivity contribution in [3.05, 3.63) is 29.6 Å². The van der Waals surface area contributed by atoms with Crippen LogP contribution in [0.1, 0.15) is 31.7 Å². The lowest BCUT2D eigenvalue weighted by molar-refractivity contribution is -0.126. The van der Waals surface area contributed by atoms with E-state index in [1.807, 2.05) is 6.92 Å². The number of amides is 2. The van der Waals surface area contributed by atoms with Crippen molar-refractivity contribution < 1.29 is 19.1 Å². The van der Waals surface area contributed by atoms with Crippen LogP contribution in [0.2, 0.25) is 0 Å². The van der Waals surface area contributed by atoms with Crippen LogP contribution in [-0.4, -0.2) is 36.1 Å². The lowest BCUT2D eigenvalue weighted by atomic mass is 10.1. The van der Waals surface area contributed by atoms with Gasteiger partial charge in [0.15, 0.2) is 0 Å². The van der Waals surface area contributed by atoms with Gasteiger partial charge in [-0.3, -0.25) is 9.59 Å². The highest BCUT2D eigenvalue weighted by Crippen LogP contribution is 2.28. The molecule has 2 amide bonds. The molecule has 2 rings (SSSR count). The minimum absolute atomic E-state index is 0.0586. The highest BCUT2D eigenvalue weighted by Gasteiger charge is 2.36. The molecule has 1 fully saturated rings. The molecule has 6 heteroatoms. The monoisotopic (exact) mass is 322 g/mol. The van der Waals surface area contributed by atoms with Gasteiger partial charge in [0.25, 0.3) is 0 Å². The summed E-state index contributed by atoms with van der Waals surface area (Å²) in [4.78, 5) is 25.5. The summed E-state index contributed by atoms with van der Waals surface area (Å²) in [6, 6.07) is 4.67. The zero-order valence-corrected chi connectivity index (χ0v) is 13.5. The predicted molar refractivity (Wildman–Crippen MR) is 85.5 cm³/mol. The molecule has 0 bridgehead atoms. The Kier molecular flexibility index (Phi) is 5.71. The third-order valence-electron chi connectivity index (χ3n) is 4.02. The van der Waals surface area contributed by atoms with Crippen molar-refractivity contribution in [2.24, 2.45) is 5.92 Å². The molecular formula is C17H23FN2O3. The maximum absolute atomic E-state index is 14.0. The second-order valence-corrected chi connectivity index (χ2v) is 6.05. The van der Waals surface area contributed by atoms with Crippen LogP contribution in [0.5, 0.6) is 0 Å². The number of benzene rings is 1. The molecule has 5 nitrogen and oxygen atoms in total. The van der Waals surface area contributed by atoms with Gasteiger partial charge in [0, 0.05) is 19.5 Å². The molecule has 126 valence electrons. The van der Waals surface area contributed by atoms with Gasteiger partial charge in [-0.05, 0) is 31.0 Å². The number of aryl methyl sites for hydroxylation is 1. The lowest BCUT2D eigenvalue weighted by Gasteiger charge is -2.18. The van der Waals surface area contributed by atoms with E-state index < -0.39 is 17.8 Å². The van der Waals surface area contributed by atoms with Gasteiger partial charge in [-0.15, -0.1) is 0 Å². The molecule has 0 spiro atoms. The molecule has 1 aliphatic heterocycles. The Labute approximate surface area is 135 Å². The van der Waals surface area contributed by atoms with Crippen LogP contribution in [0.15, 0.2) is 18.2 Å². The summed E-state index contributed by atoms with van der Waals surface area (Å²) in [6.45, 7) is 4.07. The van der Waals surface area contributed by atoms with Crippen LogP contribution in [0, 0.1) is 18.7 Å². The van der Waals surface area contributed by atoms with Gasteiger partial charge in [0.2, 0.25) is 11.8 Å². The first-order chi connectivity index (χ1) is 10.9. The van der Waals surface area contributed by atoms with E-state index in [2.05, 4.69) is 5.32 Å². The number of carbonyl (C=O) groups is 2. The highest BCUT2D eigenvalue weighted by atomic mass is 19.1. The van der Waals surface area contributed by atoms with Crippen LogP contribution in [-0.2, 0) is 9.59 Å². The summed E-state index contributed by atoms with van der Waals surface area (Å²) < 4.78 is 14.0. The van der Waals surface area contributed by atoms with Gasteiger partial charge < -0.3 is 15.3 Å². The van der Waals surface area contributed by atoms with E-state index in [0.29, 0.717) is 6.42 Å². The standard InChI is InChI=1S/C17H23FN2O3/c1-3-4-13(21)9-19-17(23)12-8-16(22)20(10-12)15-6-5-11(2)7-14(15)18/h5-7,12-13,21H,3-4,8-10H2,1-2H3,(H,19,23). The Morgan fingerprint density at radius 1 is 1.52 bits per heavy atom. The number of carbonyl (C=O) groups excluding carboxylic acids is 2. The van der Waals surface area contributed by atoms with Crippen molar-refractivity contribution in [1.82, 2.24) is 5.32 Å². The first-order valence-electron chi connectivity index (χ1n) is 7.94. The van der Waals surface area contributed by atoms with E-state index in [9.17, 15) is 19.1 Å². The van der Waals surface area contributed by atoms with E-state index in [1.165, 1.54) is 11.0 Å². The Balaban J connectivity index is 1.98. The second-order valence-electron chi connectivity index (χ2n) is 6.05. The molecule has 0 aromatic heterocycles. The van der Waals surface area contributed by atoms with Crippen LogP contribution in [0.3, 0.4) is 0 Å². The number of hydrogen-bond acceptors (Lipinski definition) is 3. The van der Waals surface area contributed by atoms with E-state index in [0.717, 1.165) is 12.0 Å². The number of aliphatic hydroxyl groups is 1. The summed E-state index contributed by atoms with van der Waals surface area (Å²) in [5.41, 5.74) is 0.985. The van der Waals surface area contributed by atoms with Crippen molar-refractivity contribution in [3.8, 4) is 0 Å². The average Bonchev–Trinajstić information content (AvgIpc) is 2.87. The number of aliphatic hydroxyl groups excluding tert-OH is 1. The number of nitrogens with zero attached hydrogens (tertiary/aromatic N) is 1. The molecule has 1 saturated heterocycles. The minimum atomic E-state index is -0.577. The normalized spacial score (nSPS) is 19.0. The van der Waals surface area contributed by atoms with E-state index in [-0.39, 0.29) is 37.0 Å². The highest BCUT2D eigenvalue weighted by molar-refractivity contribution is 6.00. The Morgan fingerprint density at radius 2 is 2.26 bits per heavy atom. The Morgan fingerprint density at radius 3 is 2.91 bits per heavy atom. The summed E-state index contributed by atoms with van der Waals surface area (Å²) >= 11 is 0. The fourth-order valence-electron chi connectivity index (χ4n) is 2.74. The fourth-order valence-corrected chi connectivity index (χ4v) is 2.74. The number of nitrogens with one attached hydrogen (secondary N) is 1. The van der Waals surface area contributed by atoms with E-state index in [1.54, 1.807) is 19.1 Å². The summed E-state index contributed by atoms with van der Waals surface area (Å²) in [5.74, 6) is -1.51. The third-order valence-corrected chi connectivity index (χ3v) is 4.02. The molecule has 1 heterocycles. The molecule has 23 heavy (non-hydrogen) atoms. The largest absolute Gasteiger partial charge is 0.391 e. The first kappa shape index (κ1) is 17.4. The molecule has 1 aliphatic rings. The number of halogens is 1. The summed E-state index contributed by atoms with van der Waals surface area (Å²) in [6.07, 6.45) is 0.930. The molecule has 0 aliphatic carbocycles. The summed E-state index contributed by atoms with van der Waals surface area (Å²) in [7, 11) is 0. The van der Waals surface area contributed by atoms with Crippen LogP contribution < -0.4 is 10.2 Å². The van der Waals surface area contributed by atoms with E-state index >= 15 is 0 Å². The van der Waals surface area contributed by atoms with Gasteiger partial charge in [-0.2, -0.15) is 0 Å². The minimum Gasteiger partial charge on any atom is -0.391 e. The molecule has 2 N–H and O–H groups in total. The van der Waals surface area contributed by atoms with Crippen LogP contribution in [0.4, 0.5) is 10.1 Å². The molecule has 0 saturated carbocycles. The van der Waals surface area contributed by atoms with Crippen molar-refractivity contribution in [1.29, 1.82) is 0 Å². The topological polar surface area (TPSA) is 69.6 Å². The van der Waals surface area contributed by atoms with Gasteiger partial charge in [0.1, 0.15) is 5.82 Å². The maximum atomic E-state index is 14.0. The number of rotatable bonds is 6. The molecule has 2 atom stereocenters. The van der Waals surface area contributed by atoms with Crippen molar-refractivity contribution >= 4 is 17.5 Å². The number of hydrogen-bond donors (Lipinski definition) is 2. The fraction of sp³-hybridized carbons (Fsp3) is 0.529. The van der Waals surface area contributed by atoms with Crippen molar-refractivity contribution in [2.45, 2.75) is 39.2 Å². The smallest absolute Gasteiger partial charge is 0.227 e. The molecular weight excluding hydrogens is 299 g/mol. The molecule has 1 aromatic rings. The Bertz CT molecular complexity index is 591. The molecule has 1 aromatic carbocycles. The predicted octanol–water partition coefficient (Wildman–Crippen LogP) is 1.76. The molecule has 0 radical (unpaired) electrons. The third kappa shape index (κ3) is 4.28. The van der Waals surface area contributed by atoms with Gasteiger partial charge in [-0.1, -0.05) is 19.4 Å². The van der Waals surface area contributed by atoms with Crippen molar-refractivity contribution in [3.63, 3.8) is 0 Å². The quantitative estimate of drug-likeness (QED) is 0.838. The van der Waals surface area contributed by atoms with Crippen LogP contribution >= 0.6 is 0 Å². The van der Waals surface area contributed by atoms with Crippen LogP contribution in [0.25, 0.3) is 0 Å².